The van der Waals surface area contributed by atoms with E-state index in [0.29, 0.717) is 5.57 Å². The molecule has 9 heavy (non-hydrogen) atoms. The van der Waals surface area contributed by atoms with E-state index in [1.54, 1.807) is 13.0 Å². The maximum Gasteiger partial charge on any atom is 0.176 e. The number of carbonyl (C=O) groups excluding carboxylic acids is 1. The summed E-state index contributed by atoms with van der Waals surface area (Å²) >= 11 is 0. The van der Waals surface area contributed by atoms with Gasteiger partial charge < -0.3 is 5.73 Å². The lowest BCUT2D eigenvalue weighted by Crippen LogP contribution is -2.14. The Morgan fingerprint density at radius 2 is 2.33 bits per heavy atom. The molecule has 0 aromatic rings. The van der Waals surface area contributed by atoms with Crippen LogP contribution in [0.4, 0.5) is 0 Å². The van der Waals surface area contributed by atoms with Gasteiger partial charge in [0.25, 0.3) is 0 Å². The van der Waals surface area contributed by atoms with Gasteiger partial charge in [0.15, 0.2) is 5.78 Å². The van der Waals surface area contributed by atoms with Gasteiger partial charge in [-0.1, -0.05) is 18.7 Å². The molecule has 0 spiro atoms. The average Bonchev–Trinajstić information content (AvgIpc) is 1.90. The lowest BCUT2D eigenvalue weighted by Gasteiger charge is -1.93. The quantitative estimate of drug-likeness (QED) is 0.444. The van der Waals surface area contributed by atoms with E-state index < -0.39 is 0 Å². The summed E-state index contributed by atoms with van der Waals surface area (Å²) in [5, 5.41) is 0. The molecule has 0 aromatic carbocycles. The molecule has 0 aliphatic carbocycles. The highest BCUT2D eigenvalue weighted by molar-refractivity contribution is 5.99. The van der Waals surface area contributed by atoms with Crippen molar-refractivity contribution in [2.45, 2.75) is 6.92 Å². The number of allylic oxidation sites excluding steroid dienone is 2. The maximum atomic E-state index is 10.7. The number of ketones is 1. The number of Topliss-reactive ketones (excluding diaryl/α,β-unsaturated/α-hetero) is 1. The number of nitrogens with two attached hydrogens (primary N) is 1. The normalized spacial score (nSPS) is 11.1. The van der Waals surface area contributed by atoms with Crippen molar-refractivity contribution in [1.29, 1.82) is 0 Å². The predicted octanol–water partition coefficient (Wildman–Crippen LogP) is 0.647. The summed E-state index contributed by atoms with van der Waals surface area (Å²) in [6, 6.07) is 0. The van der Waals surface area contributed by atoms with E-state index in [1.807, 2.05) is 0 Å². The fraction of sp³-hybridized carbons (Fsp3) is 0.286. The van der Waals surface area contributed by atoms with Gasteiger partial charge in [-0.15, -0.1) is 0 Å². The molecule has 0 unspecified atom stereocenters. The van der Waals surface area contributed by atoms with Crippen LogP contribution in [0.25, 0.3) is 0 Å². The molecule has 0 rings (SSSR count). The van der Waals surface area contributed by atoms with Crippen molar-refractivity contribution in [2.75, 3.05) is 6.54 Å². The van der Waals surface area contributed by atoms with Crippen LogP contribution in [0.1, 0.15) is 6.92 Å². The van der Waals surface area contributed by atoms with Crippen LogP contribution in [0.15, 0.2) is 24.3 Å². The van der Waals surface area contributed by atoms with Crippen LogP contribution >= 0.6 is 0 Å². The van der Waals surface area contributed by atoms with E-state index in [0.717, 1.165) is 0 Å². The summed E-state index contributed by atoms with van der Waals surface area (Å²) in [6.45, 7) is 5.30. The molecule has 0 aliphatic rings. The predicted molar refractivity (Wildman–Crippen MR) is 38.0 cm³/mol. The summed E-state index contributed by atoms with van der Waals surface area (Å²) in [6.07, 6.45) is 3.21. The summed E-state index contributed by atoms with van der Waals surface area (Å²) in [7, 11) is 0. The van der Waals surface area contributed by atoms with Gasteiger partial charge >= 0.3 is 0 Å². The van der Waals surface area contributed by atoms with Crippen molar-refractivity contribution >= 4 is 5.78 Å². The largest absolute Gasteiger partial charge is 0.324 e. The molecule has 2 heteroatoms. The molecule has 2 N–H and O–H groups in total. The Morgan fingerprint density at radius 1 is 1.78 bits per heavy atom. The number of rotatable bonds is 3. The Balaban J connectivity index is 4.14. The zero-order valence-electron chi connectivity index (χ0n) is 5.55. The smallest absolute Gasteiger partial charge is 0.176 e. The summed E-state index contributed by atoms with van der Waals surface area (Å²) in [5.41, 5.74) is 5.68. The summed E-state index contributed by atoms with van der Waals surface area (Å²) in [4.78, 5) is 10.7. The van der Waals surface area contributed by atoms with E-state index in [9.17, 15) is 4.79 Å². The molecule has 0 atom stereocenters. The highest BCUT2D eigenvalue weighted by Crippen LogP contribution is 1.94. The van der Waals surface area contributed by atoms with E-state index >= 15 is 0 Å². The third kappa shape index (κ3) is 2.24. The first-order valence-electron chi connectivity index (χ1n) is 2.78. The van der Waals surface area contributed by atoms with Crippen LogP contribution in [0, 0.1) is 0 Å². The fourth-order valence-corrected chi connectivity index (χ4v) is 0.511. The van der Waals surface area contributed by atoms with Crippen molar-refractivity contribution < 1.29 is 4.79 Å². The van der Waals surface area contributed by atoms with Crippen LogP contribution in [0.2, 0.25) is 0 Å². The van der Waals surface area contributed by atoms with Crippen LogP contribution in [0.5, 0.6) is 0 Å². The highest BCUT2D eigenvalue weighted by Gasteiger charge is 1.99. The minimum Gasteiger partial charge on any atom is -0.324 e. The van der Waals surface area contributed by atoms with Gasteiger partial charge in [0.2, 0.25) is 0 Å². The van der Waals surface area contributed by atoms with Crippen LogP contribution in [0.3, 0.4) is 0 Å². The lowest BCUT2D eigenvalue weighted by atomic mass is 10.1. The SMILES string of the molecule is C=C/C(=C\C)C(=O)CN. The van der Waals surface area contributed by atoms with Crippen LogP contribution < -0.4 is 5.73 Å². The number of hydrogen-bond acceptors (Lipinski definition) is 2. The van der Waals surface area contributed by atoms with Gasteiger partial charge in [-0.3, -0.25) is 4.79 Å². The Hall–Kier alpha value is -0.890. The first-order valence-corrected chi connectivity index (χ1v) is 2.78. The Kier molecular flexibility index (Phi) is 3.64. The fourth-order valence-electron chi connectivity index (χ4n) is 0.511. The zero-order chi connectivity index (χ0) is 7.28. The molecule has 2 nitrogen and oxygen atoms in total. The van der Waals surface area contributed by atoms with Gasteiger partial charge in [-0.2, -0.15) is 0 Å². The van der Waals surface area contributed by atoms with E-state index in [-0.39, 0.29) is 12.3 Å². The van der Waals surface area contributed by atoms with Crippen molar-refractivity contribution in [3.05, 3.63) is 24.3 Å². The molecule has 0 saturated heterocycles. The first-order chi connectivity index (χ1) is 4.26. The maximum absolute atomic E-state index is 10.7. The second-order valence-electron chi connectivity index (χ2n) is 1.58. The third-order valence-electron chi connectivity index (χ3n) is 1.04. The molecule has 50 valence electrons. The van der Waals surface area contributed by atoms with Crippen molar-refractivity contribution in [2.24, 2.45) is 5.73 Å². The van der Waals surface area contributed by atoms with Crippen molar-refractivity contribution in [1.82, 2.24) is 0 Å². The molecule has 0 saturated carbocycles. The first kappa shape index (κ1) is 8.11. The van der Waals surface area contributed by atoms with E-state index in [2.05, 4.69) is 6.58 Å². The second kappa shape index (κ2) is 4.04. The van der Waals surface area contributed by atoms with Crippen molar-refractivity contribution in [3.63, 3.8) is 0 Å². The number of carbonyl (C=O) groups is 1. The monoisotopic (exact) mass is 125 g/mol. The second-order valence-corrected chi connectivity index (χ2v) is 1.58. The minimum absolute atomic E-state index is 0.0612. The van der Waals surface area contributed by atoms with E-state index in [1.165, 1.54) is 6.08 Å². The van der Waals surface area contributed by atoms with Gasteiger partial charge in [0.05, 0.1) is 6.54 Å². The Morgan fingerprint density at radius 3 is 2.44 bits per heavy atom. The topological polar surface area (TPSA) is 43.1 Å². The molecule has 0 radical (unpaired) electrons. The van der Waals surface area contributed by atoms with Gasteiger partial charge in [0.1, 0.15) is 0 Å². The highest BCUT2D eigenvalue weighted by atomic mass is 16.1. The molecule has 0 aliphatic heterocycles. The molecular weight excluding hydrogens is 114 g/mol. The Bertz CT molecular complexity index is 147. The molecule has 0 bridgehead atoms. The molecule has 0 aromatic heterocycles. The lowest BCUT2D eigenvalue weighted by molar-refractivity contribution is -0.114. The molecule has 0 heterocycles. The number of hydrogen-bond donors (Lipinski definition) is 1. The summed E-state index contributed by atoms with van der Waals surface area (Å²) < 4.78 is 0. The standard InChI is InChI=1S/C7H11NO/c1-3-6(4-2)7(9)5-8/h3-4H,1,5,8H2,2H3/b6-4+. The minimum atomic E-state index is -0.0625. The van der Waals surface area contributed by atoms with E-state index in [4.69, 9.17) is 5.73 Å². The molecule has 0 fully saturated rings. The molecular formula is C7H11NO. The Labute approximate surface area is 55.1 Å². The van der Waals surface area contributed by atoms with Gasteiger partial charge in [-0.05, 0) is 6.92 Å². The third-order valence-corrected chi connectivity index (χ3v) is 1.04. The van der Waals surface area contributed by atoms with Crippen molar-refractivity contribution in [3.8, 4) is 0 Å². The molecule has 0 amide bonds. The summed E-state index contributed by atoms with van der Waals surface area (Å²) in [5.74, 6) is -0.0625. The van der Waals surface area contributed by atoms with Gasteiger partial charge in [-0.25, -0.2) is 0 Å². The van der Waals surface area contributed by atoms with Crippen LogP contribution in [-0.2, 0) is 4.79 Å². The zero-order valence-corrected chi connectivity index (χ0v) is 5.55. The average molecular weight is 125 g/mol. The van der Waals surface area contributed by atoms with Crippen LogP contribution in [-0.4, -0.2) is 12.3 Å². The van der Waals surface area contributed by atoms with Gasteiger partial charge in [0, 0.05) is 5.57 Å².